The van der Waals surface area contributed by atoms with Crippen molar-refractivity contribution in [2.24, 2.45) is 0 Å². The zero-order valence-electron chi connectivity index (χ0n) is 16.4. The molecule has 4 aromatic rings. The Kier molecular flexibility index (Phi) is 5.99. The molecule has 0 saturated heterocycles. The van der Waals surface area contributed by atoms with Crippen LogP contribution in [0.3, 0.4) is 0 Å². The molecule has 2 heterocycles. The minimum Gasteiger partial charge on any atom is -0.311 e. The molecule has 0 aliphatic carbocycles. The van der Waals surface area contributed by atoms with Crippen molar-refractivity contribution in [3.63, 3.8) is 0 Å². The summed E-state index contributed by atoms with van der Waals surface area (Å²) in [7, 11) is 0. The minimum atomic E-state index is -4.38. The maximum Gasteiger partial charge on any atom is 0.416 e. The Balaban J connectivity index is 1.62. The van der Waals surface area contributed by atoms with Gasteiger partial charge in [0, 0.05) is 29.6 Å². The number of hydrogen-bond donors (Lipinski definition) is 2. The van der Waals surface area contributed by atoms with E-state index in [0.717, 1.165) is 17.8 Å². The van der Waals surface area contributed by atoms with Gasteiger partial charge in [-0.2, -0.15) is 13.2 Å². The van der Waals surface area contributed by atoms with Gasteiger partial charge in [-0.3, -0.25) is 14.3 Å². The number of hydrogen-bond acceptors (Lipinski definition) is 5. The van der Waals surface area contributed by atoms with Crippen LogP contribution in [0, 0.1) is 0 Å². The van der Waals surface area contributed by atoms with Gasteiger partial charge in [0.2, 0.25) is 0 Å². The second-order valence-corrected chi connectivity index (χ2v) is 7.79. The van der Waals surface area contributed by atoms with E-state index in [2.05, 4.69) is 20.2 Å². The third-order valence-electron chi connectivity index (χ3n) is 4.53. The van der Waals surface area contributed by atoms with Crippen LogP contribution in [0.5, 0.6) is 0 Å². The molecule has 164 valence electrons. The Labute approximate surface area is 183 Å². The Morgan fingerprint density at radius 1 is 0.938 bits per heavy atom. The number of aromatic nitrogens is 5. The highest BCUT2D eigenvalue weighted by atomic mass is 32.2. The van der Waals surface area contributed by atoms with E-state index in [9.17, 15) is 22.8 Å². The molecular formula is C21H16F3N5O2S. The van der Waals surface area contributed by atoms with Gasteiger partial charge in [-0.15, -0.1) is 10.2 Å². The van der Waals surface area contributed by atoms with Crippen LogP contribution in [-0.2, 0) is 18.3 Å². The van der Waals surface area contributed by atoms with Crippen molar-refractivity contribution in [3.8, 4) is 5.69 Å². The van der Waals surface area contributed by atoms with Crippen molar-refractivity contribution in [1.29, 1.82) is 0 Å². The summed E-state index contributed by atoms with van der Waals surface area (Å²) in [4.78, 5) is 27.9. The summed E-state index contributed by atoms with van der Waals surface area (Å²) in [5.74, 6) is 0.873. The average molecular weight is 459 g/mol. The molecule has 0 unspecified atom stereocenters. The lowest BCUT2D eigenvalue weighted by Crippen LogP contribution is -2.23. The first kappa shape index (κ1) is 21.6. The van der Waals surface area contributed by atoms with Crippen LogP contribution in [0.25, 0.3) is 5.69 Å². The lowest BCUT2D eigenvalue weighted by molar-refractivity contribution is -0.137. The molecule has 0 saturated carbocycles. The van der Waals surface area contributed by atoms with E-state index >= 15 is 0 Å². The van der Waals surface area contributed by atoms with Crippen molar-refractivity contribution in [2.45, 2.75) is 23.5 Å². The van der Waals surface area contributed by atoms with E-state index < -0.39 is 23.0 Å². The Morgan fingerprint density at radius 2 is 1.66 bits per heavy atom. The third-order valence-corrected chi connectivity index (χ3v) is 5.53. The Morgan fingerprint density at radius 3 is 2.31 bits per heavy atom. The predicted molar refractivity (Wildman–Crippen MR) is 113 cm³/mol. The molecule has 0 radical (unpaired) electrons. The number of alkyl halides is 3. The summed E-state index contributed by atoms with van der Waals surface area (Å²) in [5, 5.41) is 8.96. The van der Waals surface area contributed by atoms with Crippen molar-refractivity contribution >= 4 is 11.8 Å². The van der Waals surface area contributed by atoms with Gasteiger partial charge < -0.3 is 4.98 Å². The summed E-state index contributed by atoms with van der Waals surface area (Å²) in [5.41, 5.74) is 0.0118. The number of nitrogens with zero attached hydrogens (tertiary/aromatic N) is 3. The molecule has 0 atom stereocenters. The topological polar surface area (TPSA) is 96.4 Å². The average Bonchev–Trinajstić information content (AvgIpc) is 3.14. The molecule has 0 aliphatic heterocycles. The molecule has 7 nitrogen and oxygen atoms in total. The lowest BCUT2D eigenvalue weighted by atomic mass is 10.1. The summed E-state index contributed by atoms with van der Waals surface area (Å²) in [6.07, 6.45) is -4.23. The maximum atomic E-state index is 12.8. The number of thioether (sulfide) groups is 1. The van der Waals surface area contributed by atoms with Crippen LogP contribution in [0.4, 0.5) is 13.2 Å². The Hall–Kier alpha value is -3.60. The molecule has 0 bridgehead atoms. The normalized spacial score (nSPS) is 11.6. The number of halogens is 3. The first-order chi connectivity index (χ1) is 15.3. The van der Waals surface area contributed by atoms with E-state index in [1.165, 1.54) is 30.0 Å². The standard InChI is InChI=1S/C21H16F3N5O2S/c22-21(23,24)14-8-6-13(7-9-14)12-32-20-28-27-17(29(20)16-4-2-1-3-5-16)10-15-11-18(30)26-19(31)25-15/h1-9,11H,10,12H2,(H2,25,26,30,31). The number of para-hydroxylation sites is 1. The molecule has 2 aromatic carbocycles. The maximum absolute atomic E-state index is 12.8. The number of aromatic amines is 2. The van der Waals surface area contributed by atoms with Crippen LogP contribution in [0.1, 0.15) is 22.6 Å². The quantitative estimate of drug-likeness (QED) is 0.430. The highest BCUT2D eigenvalue weighted by Crippen LogP contribution is 2.31. The highest BCUT2D eigenvalue weighted by molar-refractivity contribution is 7.98. The predicted octanol–water partition coefficient (Wildman–Crippen LogP) is 3.55. The number of nitrogens with one attached hydrogen (secondary N) is 2. The highest BCUT2D eigenvalue weighted by Gasteiger charge is 2.29. The smallest absolute Gasteiger partial charge is 0.311 e. The molecule has 0 aliphatic rings. The fourth-order valence-corrected chi connectivity index (χ4v) is 3.99. The Bertz CT molecular complexity index is 1300. The molecule has 0 spiro atoms. The number of H-pyrrole nitrogens is 2. The van der Waals surface area contributed by atoms with Gasteiger partial charge in [-0.05, 0) is 29.8 Å². The van der Waals surface area contributed by atoms with Crippen molar-refractivity contribution in [3.05, 3.63) is 104 Å². The fraction of sp³-hybridized carbons (Fsp3) is 0.143. The zero-order valence-corrected chi connectivity index (χ0v) is 17.2. The van der Waals surface area contributed by atoms with Gasteiger partial charge in [0.15, 0.2) is 5.16 Å². The first-order valence-corrected chi connectivity index (χ1v) is 10.4. The van der Waals surface area contributed by atoms with E-state index in [1.54, 1.807) is 4.57 Å². The first-order valence-electron chi connectivity index (χ1n) is 9.41. The van der Waals surface area contributed by atoms with E-state index in [-0.39, 0.29) is 6.42 Å². The van der Waals surface area contributed by atoms with Gasteiger partial charge in [0.05, 0.1) is 5.56 Å². The van der Waals surface area contributed by atoms with E-state index in [4.69, 9.17) is 0 Å². The summed E-state index contributed by atoms with van der Waals surface area (Å²) in [6.45, 7) is 0. The summed E-state index contributed by atoms with van der Waals surface area (Å²) in [6, 6.07) is 15.5. The third kappa shape index (κ3) is 4.99. The molecule has 11 heteroatoms. The lowest BCUT2D eigenvalue weighted by Gasteiger charge is -2.11. The molecular weight excluding hydrogens is 443 g/mol. The van der Waals surface area contributed by atoms with Crippen molar-refractivity contribution in [1.82, 2.24) is 24.7 Å². The van der Waals surface area contributed by atoms with Crippen LogP contribution in [0.15, 0.2) is 75.4 Å². The summed E-state index contributed by atoms with van der Waals surface area (Å²) < 4.78 is 40.1. The van der Waals surface area contributed by atoms with Gasteiger partial charge in [0.25, 0.3) is 5.56 Å². The van der Waals surface area contributed by atoms with Gasteiger partial charge in [0.1, 0.15) is 5.82 Å². The molecule has 0 fully saturated rings. The van der Waals surface area contributed by atoms with Gasteiger partial charge >= 0.3 is 11.9 Å². The van der Waals surface area contributed by atoms with Crippen LogP contribution in [0.2, 0.25) is 0 Å². The molecule has 2 N–H and O–H groups in total. The van der Waals surface area contributed by atoms with Crippen molar-refractivity contribution in [2.75, 3.05) is 0 Å². The van der Waals surface area contributed by atoms with E-state index in [1.807, 2.05) is 30.3 Å². The number of rotatable bonds is 6. The van der Waals surface area contributed by atoms with Crippen molar-refractivity contribution < 1.29 is 13.2 Å². The van der Waals surface area contributed by atoms with Crippen LogP contribution < -0.4 is 11.2 Å². The monoisotopic (exact) mass is 459 g/mol. The molecule has 0 amide bonds. The van der Waals surface area contributed by atoms with E-state index in [0.29, 0.717) is 28.0 Å². The second kappa shape index (κ2) is 8.87. The van der Waals surface area contributed by atoms with Crippen LogP contribution in [-0.4, -0.2) is 24.7 Å². The second-order valence-electron chi connectivity index (χ2n) is 6.84. The molecule has 2 aromatic heterocycles. The molecule has 32 heavy (non-hydrogen) atoms. The van der Waals surface area contributed by atoms with Crippen LogP contribution >= 0.6 is 11.8 Å². The number of benzene rings is 2. The fourth-order valence-electron chi connectivity index (χ4n) is 3.07. The minimum absolute atomic E-state index is 0.155. The van der Waals surface area contributed by atoms with Gasteiger partial charge in [-0.1, -0.05) is 42.1 Å². The summed E-state index contributed by atoms with van der Waals surface area (Å²) >= 11 is 1.31. The zero-order chi connectivity index (χ0) is 22.7. The molecule has 4 rings (SSSR count). The largest absolute Gasteiger partial charge is 0.416 e. The SMILES string of the molecule is O=c1cc(Cc2nnc(SCc3ccc(C(F)(F)F)cc3)n2-c2ccccc2)[nH]c(=O)[nH]1. The van der Waals surface area contributed by atoms with Gasteiger partial charge in [-0.25, -0.2) is 4.79 Å².